The topological polar surface area (TPSA) is 104 Å². The average molecular weight is 433 g/mol. The largest absolute Gasteiger partial charge is 0.452 e. The summed E-state index contributed by atoms with van der Waals surface area (Å²) in [6.45, 7) is 12.0. The zero-order valence-electron chi connectivity index (χ0n) is 19.2. The summed E-state index contributed by atoms with van der Waals surface area (Å²) in [4.78, 5) is 24.7. The van der Waals surface area contributed by atoms with Crippen molar-refractivity contribution in [3.8, 4) is 0 Å². The van der Waals surface area contributed by atoms with Crippen LogP contribution in [-0.2, 0) is 14.3 Å². The third-order valence-electron chi connectivity index (χ3n) is 5.33. The van der Waals surface area contributed by atoms with E-state index in [-0.39, 0.29) is 5.57 Å². The third kappa shape index (κ3) is 8.77. The Hall–Kier alpha value is -2.28. The van der Waals surface area contributed by atoms with Gasteiger partial charge in [0.05, 0.1) is 12.7 Å². The molecule has 0 aromatic carbocycles. The molecule has 4 unspecified atom stereocenters. The number of allylic oxidation sites excluding steroid dienone is 4. The number of aliphatic hydroxyl groups is 3. The van der Waals surface area contributed by atoms with Crippen molar-refractivity contribution in [1.29, 1.82) is 0 Å². The molecule has 31 heavy (non-hydrogen) atoms. The summed E-state index contributed by atoms with van der Waals surface area (Å²) < 4.78 is 5.49. The van der Waals surface area contributed by atoms with Crippen LogP contribution in [0.2, 0.25) is 0 Å². The smallest absolute Gasteiger partial charge is 0.331 e. The van der Waals surface area contributed by atoms with Crippen molar-refractivity contribution in [2.75, 3.05) is 6.61 Å². The Balaban J connectivity index is 3.38. The van der Waals surface area contributed by atoms with Gasteiger partial charge in [-0.15, -0.1) is 0 Å². The summed E-state index contributed by atoms with van der Waals surface area (Å²) >= 11 is 0. The highest BCUT2D eigenvalue weighted by molar-refractivity contribution is 6.04. The van der Waals surface area contributed by atoms with E-state index in [9.17, 15) is 24.9 Å². The summed E-state index contributed by atoms with van der Waals surface area (Å²) in [5.74, 6) is -1.03. The van der Waals surface area contributed by atoms with E-state index in [0.717, 1.165) is 5.57 Å². The van der Waals surface area contributed by atoms with Gasteiger partial charge in [0.1, 0.15) is 5.60 Å². The van der Waals surface area contributed by atoms with Gasteiger partial charge in [0.25, 0.3) is 0 Å². The standard InChI is InChI=1S/C25H36O6/c1-17(2)15-23(29)31-22-10-13-24(5,12-8-20(27)18(3)4)11-7-19(16-26)21(28)9-14-25(22,6)30/h7,9-10,13-15,20,22,26-27,30H,3,8,11-12,16H2,1-2,4-6H3/b13-10+,14-9+,19-7-. The van der Waals surface area contributed by atoms with E-state index < -0.39 is 41.6 Å². The number of carbonyl (C=O) groups is 2. The highest BCUT2D eigenvalue weighted by Gasteiger charge is 2.33. The van der Waals surface area contributed by atoms with Crippen LogP contribution in [0.3, 0.4) is 0 Å². The summed E-state index contributed by atoms with van der Waals surface area (Å²) in [5, 5.41) is 30.7. The number of ketones is 1. The predicted octanol–water partition coefficient (Wildman–Crippen LogP) is 3.34. The first-order chi connectivity index (χ1) is 14.3. The number of hydrogen-bond acceptors (Lipinski definition) is 6. The normalized spacial score (nSPS) is 31.4. The number of aliphatic hydroxyl groups excluding tert-OH is 2. The number of rotatable bonds is 7. The molecule has 0 bridgehead atoms. The molecule has 0 spiro atoms. The fraction of sp³-hybridized carbons (Fsp3) is 0.520. The lowest BCUT2D eigenvalue weighted by Gasteiger charge is -2.30. The molecule has 0 aliphatic heterocycles. The van der Waals surface area contributed by atoms with Gasteiger partial charge in [-0.2, -0.15) is 0 Å². The monoisotopic (exact) mass is 432 g/mol. The van der Waals surface area contributed by atoms with Crippen LogP contribution in [-0.4, -0.2) is 51.5 Å². The highest BCUT2D eigenvalue weighted by Crippen LogP contribution is 2.33. The van der Waals surface area contributed by atoms with E-state index in [1.807, 2.05) is 13.0 Å². The van der Waals surface area contributed by atoms with Crippen LogP contribution >= 0.6 is 0 Å². The van der Waals surface area contributed by atoms with Crippen molar-refractivity contribution in [1.82, 2.24) is 0 Å². The van der Waals surface area contributed by atoms with E-state index in [2.05, 4.69) is 6.58 Å². The molecule has 0 aromatic heterocycles. The molecule has 4 atom stereocenters. The number of esters is 1. The van der Waals surface area contributed by atoms with Crippen molar-refractivity contribution in [3.05, 3.63) is 59.8 Å². The van der Waals surface area contributed by atoms with E-state index in [0.29, 0.717) is 24.8 Å². The van der Waals surface area contributed by atoms with E-state index >= 15 is 0 Å². The molecule has 3 N–H and O–H groups in total. The predicted molar refractivity (Wildman–Crippen MR) is 121 cm³/mol. The van der Waals surface area contributed by atoms with Crippen molar-refractivity contribution in [2.24, 2.45) is 5.41 Å². The Kier molecular flexibility index (Phi) is 9.81. The van der Waals surface area contributed by atoms with Crippen LogP contribution in [0.15, 0.2) is 59.8 Å². The van der Waals surface area contributed by atoms with Crippen LogP contribution in [0, 0.1) is 5.41 Å². The van der Waals surface area contributed by atoms with Crippen molar-refractivity contribution >= 4 is 11.8 Å². The Labute approximate surface area is 185 Å². The zero-order chi connectivity index (χ0) is 23.8. The average Bonchev–Trinajstić information content (AvgIpc) is 2.68. The first-order valence-electron chi connectivity index (χ1n) is 10.4. The fourth-order valence-electron chi connectivity index (χ4n) is 3.08. The van der Waals surface area contributed by atoms with Gasteiger partial charge in [-0.1, -0.05) is 36.8 Å². The summed E-state index contributed by atoms with van der Waals surface area (Å²) in [6.07, 6.45) is 8.63. The van der Waals surface area contributed by atoms with E-state index in [1.54, 1.807) is 32.9 Å². The number of carbonyl (C=O) groups excluding carboxylic acids is 2. The third-order valence-corrected chi connectivity index (χ3v) is 5.33. The molecule has 0 saturated carbocycles. The second kappa shape index (κ2) is 11.4. The lowest BCUT2D eigenvalue weighted by atomic mass is 9.79. The van der Waals surface area contributed by atoms with Crippen LogP contribution in [0.4, 0.5) is 0 Å². The molecule has 1 aliphatic carbocycles. The van der Waals surface area contributed by atoms with Gasteiger partial charge in [-0.3, -0.25) is 4.79 Å². The van der Waals surface area contributed by atoms with Gasteiger partial charge in [0.2, 0.25) is 0 Å². The first-order valence-corrected chi connectivity index (χ1v) is 10.4. The molecular weight excluding hydrogens is 396 g/mol. The Morgan fingerprint density at radius 2 is 1.97 bits per heavy atom. The van der Waals surface area contributed by atoms with Gasteiger partial charge in [0, 0.05) is 11.6 Å². The molecule has 172 valence electrons. The van der Waals surface area contributed by atoms with Crippen molar-refractivity contribution in [3.63, 3.8) is 0 Å². The van der Waals surface area contributed by atoms with Gasteiger partial charge in [-0.25, -0.2) is 4.79 Å². The fourth-order valence-corrected chi connectivity index (χ4v) is 3.08. The SMILES string of the molecule is C=C(C)C(O)CCC1(C)/C=C/C(OC(=O)C=C(C)C)C(C)(O)/C=C/C(=O)/C(CO)=C\C1. The molecule has 0 saturated heterocycles. The van der Waals surface area contributed by atoms with Gasteiger partial charge in [0.15, 0.2) is 11.9 Å². The Bertz CT molecular complexity index is 795. The summed E-state index contributed by atoms with van der Waals surface area (Å²) in [5.41, 5.74) is -0.552. The van der Waals surface area contributed by atoms with Gasteiger partial charge < -0.3 is 20.1 Å². The minimum Gasteiger partial charge on any atom is -0.452 e. The maximum Gasteiger partial charge on any atom is 0.331 e. The van der Waals surface area contributed by atoms with E-state index in [4.69, 9.17) is 4.74 Å². The van der Waals surface area contributed by atoms with E-state index in [1.165, 1.54) is 25.2 Å². The minimum absolute atomic E-state index is 0.215. The second-order valence-electron chi connectivity index (χ2n) is 9.01. The maximum absolute atomic E-state index is 12.5. The molecule has 6 heteroatoms. The quantitative estimate of drug-likeness (QED) is 0.324. The molecule has 1 rings (SSSR count). The first kappa shape index (κ1) is 26.8. The zero-order valence-corrected chi connectivity index (χ0v) is 19.2. The second-order valence-corrected chi connectivity index (χ2v) is 9.01. The molecule has 1 aliphatic rings. The van der Waals surface area contributed by atoms with Crippen LogP contribution in [0.5, 0.6) is 0 Å². The minimum atomic E-state index is -1.65. The van der Waals surface area contributed by atoms with Crippen molar-refractivity contribution < 1.29 is 29.6 Å². The molecule has 0 radical (unpaired) electrons. The summed E-state index contributed by atoms with van der Waals surface area (Å²) in [6, 6.07) is 0. The van der Waals surface area contributed by atoms with Gasteiger partial charge in [-0.05, 0) is 70.6 Å². The van der Waals surface area contributed by atoms with Crippen LogP contribution in [0.25, 0.3) is 0 Å². The van der Waals surface area contributed by atoms with Crippen LogP contribution in [0.1, 0.15) is 53.9 Å². The highest BCUT2D eigenvalue weighted by atomic mass is 16.6. The number of ether oxygens (including phenoxy) is 1. The lowest BCUT2D eigenvalue weighted by Crippen LogP contribution is -2.39. The maximum atomic E-state index is 12.5. The Morgan fingerprint density at radius 1 is 1.32 bits per heavy atom. The lowest BCUT2D eigenvalue weighted by molar-refractivity contribution is -0.148. The molecule has 0 fully saturated rings. The Morgan fingerprint density at radius 3 is 2.52 bits per heavy atom. The summed E-state index contributed by atoms with van der Waals surface area (Å²) in [7, 11) is 0. The molecule has 0 heterocycles. The van der Waals surface area contributed by atoms with Crippen LogP contribution < -0.4 is 0 Å². The molecule has 6 nitrogen and oxygen atoms in total. The van der Waals surface area contributed by atoms with Crippen molar-refractivity contribution in [2.45, 2.75) is 71.7 Å². The van der Waals surface area contributed by atoms with Gasteiger partial charge >= 0.3 is 5.97 Å². The molecular formula is C25H36O6. The molecule has 0 amide bonds. The molecule has 0 aromatic rings. The number of hydrogen-bond donors (Lipinski definition) is 3.